The van der Waals surface area contributed by atoms with Crippen molar-refractivity contribution in [3.05, 3.63) is 35.4 Å². The first kappa shape index (κ1) is 14.6. The van der Waals surface area contributed by atoms with Crippen LogP contribution in [-0.2, 0) is 11.2 Å². The molecular weight excluding hydrogens is 238 g/mol. The monoisotopic (exact) mass is 256 g/mol. The fraction of sp³-hybridized carbons (Fsp3) is 0.462. The van der Waals surface area contributed by atoms with Crippen molar-refractivity contribution in [1.29, 1.82) is 0 Å². The Labute approximate surface area is 105 Å². The standard InChI is InChI=1S/C13H18F2N2O/c1-9(4-6-16)13(18)17-7-5-10-8-11(14)2-3-12(10)15/h2-3,8-9H,4-7,16H2,1H3,(H,17,18). The van der Waals surface area contributed by atoms with Crippen LogP contribution < -0.4 is 11.1 Å². The zero-order valence-corrected chi connectivity index (χ0v) is 10.4. The first-order valence-electron chi connectivity index (χ1n) is 5.96. The van der Waals surface area contributed by atoms with E-state index in [1.54, 1.807) is 6.92 Å². The molecule has 0 saturated heterocycles. The molecule has 0 spiro atoms. The topological polar surface area (TPSA) is 55.1 Å². The molecule has 18 heavy (non-hydrogen) atoms. The molecule has 1 rings (SSSR count). The number of halogens is 2. The summed E-state index contributed by atoms with van der Waals surface area (Å²) in [4.78, 5) is 11.5. The van der Waals surface area contributed by atoms with E-state index in [1.807, 2.05) is 0 Å². The lowest BCUT2D eigenvalue weighted by molar-refractivity contribution is -0.124. The molecule has 0 aliphatic heterocycles. The average molecular weight is 256 g/mol. The molecule has 0 radical (unpaired) electrons. The normalized spacial score (nSPS) is 12.2. The van der Waals surface area contributed by atoms with Crippen molar-refractivity contribution in [1.82, 2.24) is 5.32 Å². The third-order valence-corrected chi connectivity index (χ3v) is 2.75. The second kappa shape index (κ2) is 7.06. The highest BCUT2D eigenvalue weighted by Crippen LogP contribution is 2.10. The predicted molar refractivity (Wildman–Crippen MR) is 65.9 cm³/mol. The number of carbonyl (C=O) groups is 1. The zero-order valence-electron chi connectivity index (χ0n) is 10.4. The van der Waals surface area contributed by atoms with Gasteiger partial charge in [0.2, 0.25) is 5.91 Å². The van der Waals surface area contributed by atoms with E-state index in [-0.39, 0.29) is 30.4 Å². The summed E-state index contributed by atoms with van der Waals surface area (Å²) in [7, 11) is 0. The smallest absolute Gasteiger partial charge is 0.222 e. The Morgan fingerprint density at radius 1 is 1.44 bits per heavy atom. The lowest BCUT2D eigenvalue weighted by Gasteiger charge is -2.11. The Bertz CT molecular complexity index is 410. The molecular formula is C13H18F2N2O. The molecule has 0 saturated carbocycles. The van der Waals surface area contributed by atoms with Gasteiger partial charge >= 0.3 is 0 Å². The molecule has 3 N–H and O–H groups in total. The molecule has 0 bridgehead atoms. The Kier molecular flexibility index (Phi) is 5.71. The number of hydrogen-bond acceptors (Lipinski definition) is 2. The summed E-state index contributed by atoms with van der Waals surface area (Å²) < 4.78 is 26.2. The molecule has 1 unspecified atom stereocenters. The minimum atomic E-state index is -0.478. The fourth-order valence-electron chi connectivity index (χ4n) is 1.61. The summed E-state index contributed by atoms with van der Waals surface area (Å²) in [5, 5.41) is 2.68. The van der Waals surface area contributed by atoms with Gasteiger partial charge in [0.1, 0.15) is 11.6 Å². The molecule has 1 aromatic carbocycles. The molecule has 0 aromatic heterocycles. The van der Waals surface area contributed by atoms with E-state index in [9.17, 15) is 13.6 Å². The van der Waals surface area contributed by atoms with Crippen molar-refractivity contribution in [3.63, 3.8) is 0 Å². The summed E-state index contributed by atoms with van der Waals surface area (Å²) >= 11 is 0. The van der Waals surface area contributed by atoms with Crippen molar-refractivity contribution in [3.8, 4) is 0 Å². The zero-order chi connectivity index (χ0) is 13.5. The van der Waals surface area contributed by atoms with E-state index in [1.165, 1.54) is 0 Å². The number of nitrogens with two attached hydrogens (primary N) is 1. The first-order chi connectivity index (χ1) is 8.54. The van der Waals surface area contributed by atoms with E-state index in [4.69, 9.17) is 5.73 Å². The van der Waals surface area contributed by atoms with Crippen LogP contribution in [0.4, 0.5) is 8.78 Å². The summed E-state index contributed by atoms with van der Waals surface area (Å²) in [6, 6.07) is 3.30. The molecule has 100 valence electrons. The number of nitrogens with one attached hydrogen (secondary N) is 1. The molecule has 1 aromatic rings. The van der Waals surface area contributed by atoms with Crippen molar-refractivity contribution in [2.45, 2.75) is 19.8 Å². The van der Waals surface area contributed by atoms with Gasteiger partial charge in [0.05, 0.1) is 0 Å². The molecule has 5 heteroatoms. The summed E-state index contributed by atoms with van der Waals surface area (Å²) in [5.41, 5.74) is 5.62. The highest BCUT2D eigenvalue weighted by Gasteiger charge is 2.11. The Balaban J connectivity index is 2.42. The van der Waals surface area contributed by atoms with Crippen molar-refractivity contribution >= 4 is 5.91 Å². The van der Waals surface area contributed by atoms with E-state index in [0.717, 1.165) is 18.2 Å². The second-order valence-corrected chi connectivity index (χ2v) is 4.26. The van der Waals surface area contributed by atoms with Gasteiger partial charge in [0.25, 0.3) is 0 Å². The number of amides is 1. The van der Waals surface area contributed by atoms with E-state index >= 15 is 0 Å². The Hall–Kier alpha value is -1.49. The molecule has 0 fully saturated rings. The lowest BCUT2D eigenvalue weighted by Crippen LogP contribution is -2.32. The number of carbonyl (C=O) groups excluding carboxylic acids is 1. The van der Waals surface area contributed by atoms with Crippen LogP contribution in [0.5, 0.6) is 0 Å². The van der Waals surface area contributed by atoms with Crippen molar-refractivity contribution in [2.75, 3.05) is 13.1 Å². The van der Waals surface area contributed by atoms with Crippen LogP contribution >= 0.6 is 0 Å². The van der Waals surface area contributed by atoms with Crippen LogP contribution in [0.25, 0.3) is 0 Å². The highest BCUT2D eigenvalue weighted by molar-refractivity contribution is 5.78. The van der Waals surface area contributed by atoms with Gasteiger partial charge in [0, 0.05) is 12.5 Å². The van der Waals surface area contributed by atoms with Crippen LogP contribution in [-0.4, -0.2) is 19.0 Å². The number of rotatable bonds is 6. The predicted octanol–water partition coefficient (Wildman–Crippen LogP) is 1.61. The molecule has 0 heterocycles. The Morgan fingerprint density at radius 2 is 2.17 bits per heavy atom. The van der Waals surface area contributed by atoms with Crippen LogP contribution in [0.1, 0.15) is 18.9 Å². The number of benzene rings is 1. The minimum absolute atomic E-state index is 0.114. The molecule has 1 atom stereocenters. The van der Waals surface area contributed by atoms with Gasteiger partial charge < -0.3 is 11.1 Å². The lowest BCUT2D eigenvalue weighted by atomic mass is 10.1. The SMILES string of the molecule is CC(CCN)C(=O)NCCc1cc(F)ccc1F. The van der Waals surface area contributed by atoms with Gasteiger partial charge in [-0.1, -0.05) is 6.92 Å². The molecule has 1 amide bonds. The van der Waals surface area contributed by atoms with Crippen LogP contribution in [0.2, 0.25) is 0 Å². The highest BCUT2D eigenvalue weighted by atomic mass is 19.1. The maximum Gasteiger partial charge on any atom is 0.222 e. The van der Waals surface area contributed by atoms with E-state index in [0.29, 0.717) is 13.0 Å². The molecule has 3 nitrogen and oxygen atoms in total. The quantitative estimate of drug-likeness (QED) is 0.812. The van der Waals surface area contributed by atoms with Crippen LogP contribution in [0.3, 0.4) is 0 Å². The van der Waals surface area contributed by atoms with Gasteiger partial charge in [0.15, 0.2) is 0 Å². The largest absolute Gasteiger partial charge is 0.356 e. The molecule has 0 aliphatic carbocycles. The first-order valence-corrected chi connectivity index (χ1v) is 5.96. The third-order valence-electron chi connectivity index (χ3n) is 2.75. The van der Waals surface area contributed by atoms with Gasteiger partial charge in [-0.15, -0.1) is 0 Å². The van der Waals surface area contributed by atoms with Crippen LogP contribution in [0.15, 0.2) is 18.2 Å². The van der Waals surface area contributed by atoms with Gasteiger partial charge in [-0.25, -0.2) is 8.78 Å². The van der Waals surface area contributed by atoms with Crippen molar-refractivity contribution in [2.24, 2.45) is 11.7 Å². The van der Waals surface area contributed by atoms with Crippen molar-refractivity contribution < 1.29 is 13.6 Å². The van der Waals surface area contributed by atoms with Gasteiger partial charge in [-0.3, -0.25) is 4.79 Å². The van der Waals surface area contributed by atoms with Gasteiger partial charge in [-0.05, 0) is 43.1 Å². The van der Waals surface area contributed by atoms with E-state index < -0.39 is 11.6 Å². The second-order valence-electron chi connectivity index (χ2n) is 4.26. The average Bonchev–Trinajstić information content (AvgIpc) is 2.33. The molecule has 0 aliphatic rings. The van der Waals surface area contributed by atoms with Crippen LogP contribution in [0, 0.1) is 17.6 Å². The Morgan fingerprint density at radius 3 is 2.83 bits per heavy atom. The number of hydrogen-bond donors (Lipinski definition) is 2. The fourth-order valence-corrected chi connectivity index (χ4v) is 1.61. The summed E-state index contributed by atoms with van der Waals surface area (Å²) in [6.07, 6.45) is 0.880. The third kappa shape index (κ3) is 4.41. The maximum absolute atomic E-state index is 13.3. The van der Waals surface area contributed by atoms with Gasteiger partial charge in [-0.2, -0.15) is 0 Å². The summed E-state index contributed by atoms with van der Waals surface area (Å²) in [5.74, 6) is -1.21. The summed E-state index contributed by atoms with van der Waals surface area (Å²) in [6.45, 7) is 2.52. The van der Waals surface area contributed by atoms with E-state index in [2.05, 4.69) is 5.32 Å². The minimum Gasteiger partial charge on any atom is -0.356 e. The maximum atomic E-state index is 13.3.